The minimum Gasteiger partial charge on any atom is -0.300 e. The third-order valence-corrected chi connectivity index (χ3v) is 1.68. The van der Waals surface area contributed by atoms with Crippen molar-refractivity contribution in [2.75, 3.05) is 0 Å². The molecule has 0 spiro atoms. The molecule has 9 heavy (non-hydrogen) atoms. The fraction of sp³-hybridized carbons (Fsp3) is 0.875. The number of rotatable bonds is 1. The number of Topliss-reactive ketones (excluding diaryl/α,β-unsaturated/α-hetero) is 1. The van der Waals surface area contributed by atoms with Crippen molar-refractivity contribution in [1.82, 2.24) is 0 Å². The van der Waals surface area contributed by atoms with Gasteiger partial charge >= 0.3 is 0 Å². The molecule has 1 nitrogen and oxygen atoms in total. The summed E-state index contributed by atoms with van der Waals surface area (Å²) in [5, 5.41) is 0. The Balaban J connectivity index is 0.000000291. The number of carbonyl (C=O) groups excluding carboxylic acids is 1. The van der Waals surface area contributed by atoms with Crippen LogP contribution in [0.2, 0.25) is 0 Å². The van der Waals surface area contributed by atoms with Crippen LogP contribution < -0.4 is 0 Å². The van der Waals surface area contributed by atoms with Crippen LogP contribution in [0.4, 0.5) is 0 Å². The molecule has 0 bridgehead atoms. The summed E-state index contributed by atoms with van der Waals surface area (Å²) in [7, 11) is 0. The van der Waals surface area contributed by atoms with E-state index in [0.29, 0.717) is 11.7 Å². The van der Waals surface area contributed by atoms with Crippen molar-refractivity contribution in [2.45, 2.75) is 40.0 Å². The van der Waals surface area contributed by atoms with Crippen molar-refractivity contribution in [3.63, 3.8) is 0 Å². The lowest BCUT2D eigenvalue weighted by Gasteiger charge is -2.21. The number of ketones is 1. The van der Waals surface area contributed by atoms with E-state index in [-0.39, 0.29) is 0 Å². The van der Waals surface area contributed by atoms with Gasteiger partial charge in [-0.1, -0.05) is 20.3 Å². The van der Waals surface area contributed by atoms with Crippen LogP contribution in [0.5, 0.6) is 0 Å². The Bertz CT molecular complexity index is 82.6. The average molecular weight is 128 g/mol. The molecule has 0 heterocycles. The zero-order chi connectivity index (χ0) is 7.28. The molecule has 0 aromatic rings. The van der Waals surface area contributed by atoms with E-state index in [4.69, 9.17) is 0 Å². The van der Waals surface area contributed by atoms with E-state index in [1.165, 1.54) is 6.42 Å². The molecule has 0 atom stereocenters. The summed E-state index contributed by atoms with van der Waals surface area (Å²) in [5.41, 5.74) is 0. The second kappa shape index (κ2) is 4.54. The van der Waals surface area contributed by atoms with Gasteiger partial charge < -0.3 is 0 Å². The van der Waals surface area contributed by atoms with Crippen LogP contribution in [0.25, 0.3) is 0 Å². The summed E-state index contributed by atoms with van der Waals surface area (Å²) < 4.78 is 0. The lowest BCUT2D eigenvalue weighted by Crippen LogP contribution is -2.18. The molecule has 1 aliphatic carbocycles. The van der Waals surface area contributed by atoms with Crippen molar-refractivity contribution in [3.8, 4) is 0 Å². The molecule has 0 aliphatic heterocycles. The molecule has 1 heteroatoms. The smallest absolute Gasteiger partial charge is 0.132 e. The topological polar surface area (TPSA) is 17.1 Å². The number of hydrogen-bond acceptors (Lipinski definition) is 1. The van der Waals surface area contributed by atoms with Crippen LogP contribution in [-0.2, 0) is 4.79 Å². The molecule has 54 valence electrons. The standard InChI is InChI=1S/C6H10O.C2H6/c1-5(7)6-3-2-4-6;1-2/h6H,2-4H2,1H3;1-2H3. The van der Waals surface area contributed by atoms with Gasteiger partial charge in [0.05, 0.1) is 0 Å². The molecule has 1 saturated carbocycles. The Morgan fingerprint density at radius 3 is 1.78 bits per heavy atom. The van der Waals surface area contributed by atoms with Crippen LogP contribution in [0.3, 0.4) is 0 Å². The van der Waals surface area contributed by atoms with Gasteiger partial charge in [-0.3, -0.25) is 4.79 Å². The molecule has 0 amide bonds. The molecule has 0 radical (unpaired) electrons. The van der Waals surface area contributed by atoms with Gasteiger partial charge in [-0.25, -0.2) is 0 Å². The highest BCUT2D eigenvalue weighted by Gasteiger charge is 2.20. The maximum Gasteiger partial charge on any atom is 0.132 e. The van der Waals surface area contributed by atoms with Crippen LogP contribution in [0, 0.1) is 5.92 Å². The Labute approximate surface area is 57.5 Å². The maximum absolute atomic E-state index is 10.4. The summed E-state index contributed by atoms with van der Waals surface area (Å²) in [6.45, 7) is 5.68. The van der Waals surface area contributed by atoms with Crippen molar-refractivity contribution in [1.29, 1.82) is 0 Å². The van der Waals surface area contributed by atoms with E-state index in [0.717, 1.165) is 12.8 Å². The highest BCUT2D eigenvalue weighted by Crippen LogP contribution is 2.26. The monoisotopic (exact) mass is 128 g/mol. The average Bonchev–Trinajstić information content (AvgIpc) is 1.65. The maximum atomic E-state index is 10.4. The van der Waals surface area contributed by atoms with E-state index in [9.17, 15) is 4.79 Å². The third-order valence-electron chi connectivity index (χ3n) is 1.68. The first-order chi connectivity index (χ1) is 4.30. The van der Waals surface area contributed by atoms with Crippen LogP contribution in [0.15, 0.2) is 0 Å². The summed E-state index contributed by atoms with van der Waals surface area (Å²) in [5.74, 6) is 0.825. The molecular formula is C8H16O. The Hall–Kier alpha value is -0.330. The van der Waals surface area contributed by atoms with Gasteiger partial charge in [0.1, 0.15) is 5.78 Å². The van der Waals surface area contributed by atoms with E-state index in [1.54, 1.807) is 6.92 Å². The molecule has 0 aromatic carbocycles. The first-order valence-electron chi connectivity index (χ1n) is 3.81. The Kier molecular flexibility index (Phi) is 4.37. The predicted molar refractivity (Wildman–Crippen MR) is 39.4 cm³/mol. The molecule has 1 rings (SSSR count). The molecule has 0 saturated heterocycles. The van der Waals surface area contributed by atoms with Gasteiger partial charge in [-0.2, -0.15) is 0 Å². The first kappa shape index (κ1) is 8.67. The van der Waals surface area contributed by atoms with Crippen LogP contribution in [0.1, 0.15) is 40.0 Å². The summed E-state index contributed by atoms with van der Waals surface area (Å²) in [4.78, 5) is 10.4. The first-order valence-corrected chi connectivity index (χ1v) is 3.81. The predicted octanol–water partition coefficient (Wildman–Crippen LogP) is 2.40. The van der Waals surface area contributed by atoms with Gasteiger partial charge in [0.2, 0.25) is 0 Å². The fourth-order valence-electron chi connectivity index (χ4n) is 0.815. The van der Waals surface area contributed by atoms with Crippen molar-refractivity contribution < 1.29 is 4.79 Å². The van der Waals surface area contributed by atoms with Gasteiger partial charge in [-0.15, -0.1) is 0 Å². The molecule has 1 fully saturated rings. The van der Waals surface area contributed by atoms with Gasteiger partial charge in [0.25, 0.3) is 0 Å². The van der Waals surface area contributed by atoms with Crippen molar-refractivity contribution in [3.05, 3.63) is 0 Å². The normalized spacial score (nSPS) is 17.2. The molecule has 0 unspecified atom stereocenters. The minimum absolute atomic E-state index is 0.381. The second-order valence-electron chi connectivity index (χ2n) is 2.24. The number of hydrogen-bond donors (Lipinski definition) is 0. The molecule has 0 aromatic heterocycles. The van der Waals surface area contributed by atoms with Crippen molar-refractivity contribution >= 4 is 5.78 Å². The second-order valence-corrected chi connectivity index (χ2v) is 2.24. The molecule has 1 aliphatic rings. The summed E-state index contributed by atoms with van der Waals surface area (Å²) in [6.07, 6.45) is 3.56. The lowest BCUT2D eigenvalue weighted by atomic mass is 9.83. The largest absolute Gasteiger partial charge is 0.300 e. The quantitative estimate of drug-likeness (QED) is 0.530. The van der Waals surface area contributed by atoms with Crippen LogP contribution in [-0.4, -0.2) is 5.78 Å². The zero-order valence-corrected chi connectivity index (χ0v) is 6.61. The fourth-order valence-corrected chi connectivity index (χ4v) is 0.815. The molecular weight excluding hydrogens is 112 g/mol. The van der Waals surface area contributed by atoms with Crippen molar-refractivity contribution in [2.24, 2.45) is 5.92 Å². The van der Waals surface area contributed by atoms with Gasteiger partial charge in [0.15, 0.2) is 0 Å². The third kappa shape index (κ3) is 2.64. The van der Waals surface area contributed by atoms with E-state index >= 15 is 0 Å². The van der Waals surface area contributed by atoms with Crippen LogP contribution >= 0.6 is 0 Å². The minimum atomic E-state index is 0.381. The Morgan fingerprint density at radius 2 is 1.78 bits per heavy atom. The SMILES string of the molecule is CC.CC(=O)C1CCC1. The Morgan fingerprint density at radius 1 is 1.33 bits per heavy atom. The van der Waals surface area contributed by atoms with E-state index in [1.807, 2.05) is 13.8 Å². The highest BCUT2D eigenvalue weighted by molar-refractivity contribution is 5.78. The van der Waals surface area contributed by atoms with E-state index < -0.39 is 0 Å². The zero-order valence-electron chi connectivity index (χ0n) is 6.61. The summed E-state index contributed by atoms with van der Waals surface area (Å²) >= 11 is 0. The number of carbonyl (C=O) groups is 1. The highest BCUT2D eigenvalue weighted by atomic mass is 16.1. The van der Waals surface area contributed by atoms with Gasteiger partial charge in [0, 0.05) is 5.92 Å². The summed E-state index contributed by atoms with van der Waals surface area (Å²) in [6, 6.07) is 0. The van der Waals surface area contributed by atoms with E-state index in [2.05, 4.69) is 0 Å². The van der Waals surface area contributed by atoms with Gasteiger partial charge in [-0.05, 0) is 19.8 Å². The molecule has 0 N–H and O–H groups in total. The lowest BCUT2D eigenvalue weighted by molar-refractivity contribution is -0.122.